The summed E-state index contributed by atoms with van der Waals surface area (Å²) >= 11 is 0. The predicted octanol–water partition coefficient (Wildman–Crippen LogP) is 3.58. The van der Waals surface area contributed by atoms with Gasteiger partial charge >= 0.3 is 6.18 Å². The molecule has 176 valence electrons. The van der Waals surface area contributed by atoms with Gasteiger partial charge in [-0.1, -0.05) is 0 Å². The molecule has 2 aromatic heterocycles. The van der Waals surface area contributed by atoms with E-state index < -0.39 is 36.0 Å². The van der Waals surface area contributed by atoms with E-state index in [1.807, 2.05) is 0 Å². The Morgan fingerprint density at radius 2 is 2.03 bits per heavy atom. The lowest BCUT2D eigenvalue weighted by Crippen LogP contribution is -2.40. The van der Waals surface area contributed by atoms with Crippen molar-refractivity contribution >= 4 is 16.8 Å². The Kier molecular flexibility index (Phi) is 6.02. The number of aromatic nitrogens is 2. The zero-order chi connectivity index (χ0) is 23.9. The van der Waals surface area contributed by atoms with E-state index in [1.165, 1.54) is 19.2 Å². The van der Waals surface area contributed by atoms with Gasteiger partial charge in [0.2, 0.25) is 5.89 Å². The Bertz CT molecular complexity index is 1190. The summed E-state index contributed by atoms with van der Waals surface area (Å²) < 4.78 is 50.6. The number of aliphatic hydroxyl groups is 1. The summed E-state index contributed by atoms with van der Waals surface area (Å²) in [5, 5.41) is 13.1. The van der Waals surface area contributed by atoms with Crippen LogP contribution in [0.5, 0.6) is 5.75 Å². The van der Waals surface area contributed by atoms with Crippen molar-refractivity contribution in [2.24, 2.45) is 5.73 Å². The fourth-order valence-corrected chi connectivity index (χ4v) is 3.97. The summed E-state index contributed by atoms with van der Waals surface area (Å²) in [6, 6.07) is 4.05. The number of nitrogens with zero attached hydrogens (tertiary/aromatic N) is 2. The number of halogens is 3. The van der Waals surface area contributed by atoms with E-state index in [-0.39, 0.29) is 28.6 Å². The number of methoxy groups -OCH3 is 1. The number of amides is 1. The summed E-state index contributed by atoms with van der Waals surface area (Å²) in [6.45, 7) is 1.62. The van der Waals surface area contributed by atoms with Gasteiger partial charge in [-0.05, 0) is 50.5 Å². The number of oxazole rings is 1. The lowest BCUT2D eigenvalue weighted by Gasteiger charge is -2.15. The molecule has 1 amide bonds. The molecule has 0 bridgehead atoms. The third-order valence-corrected chi connectivity index (χ3v) is 5.64. The molecule has 1 aromatic carbocycles. The summed E-state index contributed by atoms with van der Waals surface area (Å²) in [5.74, 6) is -0.266. The first kappa shape index (κ1) is 23.0. The standard InChI is InChI=1S/C22H23F3N4O4/c1-10(26)19-18(20(31)27-13-4-3-5-14(13)30)29-21(33-19)12-6-8-15(32-2)17-11(12)7-9-16(28-17)22(23,24)25/h6-10,13-14,30H,3-5,26H2,1-2H3,(H,27,31)/t10-,13-,14+/m0/s1. The van der Waals surface area contributed by atoms with Crippen LogP contribution in [0.25, 0.3) is 22.4 Å². The van der Waals surface area contributed by atoms with Crippen molar-refractivity contribution in [1.29, 1.82) is 0 Å². The molecule has 0 unspecified atom stereocenters. The van der Waals surface area contributed by atoms with Crippen LogP contribution in [0.15, 0.2) is 28.7 Å². The van der Waals surface area contributed by atoms with Gasteiger partial charge in [-0.2, -0.15) is 13.2 Å². The second-order valence-corrected chi connectivity index (χ2v) is 8.00. The maximum Gasteiger partial charge on any atom is 0.433 e. The number of hydrogen-bond donors (Lipinski definition) is 3. The number of benzene rings is 1. The Hall–Kier alpha value is -3.18. The number of aliphatic hydroxyl groups excluding tert-OH is 1. The number of ether oxygens (including phenoxy) is 1. The summed E-state index contributed by atoms with van der Waals surface area (Å²) in [7, 11) is 1.33. The Morgan fingerprint density at radius 3 is 2.64 bits per heavy atom. The van der Waals surface area contributed by atoms with E-state index in [0.29, 0.717) is 23.8 Å². The predicted molar refractivity (Wildman–Crippen MR) is 113 cm³/mol. The minimum atomic E-state index is -4.63. The number of rotatable bonds is 5. The van der Waals surface area contributed by atoms with Crippen LogP contribution in [0.4, 0.5) is 13.2 Å². The molecule has 11 heteroatoms. The Morgan fingerprint density at radius 1 is 1.27 bits per heavy atom. The first-order valence-electron chi connectivity index (χ1n) is 10.4. The number of nitrogens with one attached hydrogen (secondary N) is 1. The minimum absolute atomic E-state index is 0.00799. The van der Waals surface area contributed by atoms with E-state index in [2.05, 4.69) is 15.3 Å². The molecule has 3 atom stereocenters. The van der Waals surface area contributed by atoms with Crippen molar-refractivity contribution < 1.29 is 32.2 Å². The monoisotopic (exact) mass is 464 g/mol. The van der Waals surface area contributed by atoms with E-state index >= 15 is 0 Å². The van der Waals surface area contributed by atoms with Crippen LogP contribution in [-0.2, 0) is 6.18 Å². The number of carbonyl (C=O) groups is 1. The number of fused-ring (bicyclic) bond motifs is 1. The molecule has 0 aliphatic heterocycles. The van der Waals surface area contributed by atoms with Gasteiger partial charge in [0.1, 0.15) is 17.0 Å². The third-order valence-electron chi connectivity index (χ3n) is 5.64. The van der Waals surface area contributed by atoms with Crippen molar-refractivity contribution in [3.05, 3.63) is 41.4 Å². The zero-order valence-corrected chi connectivity index (χ0v) is 17.9. The van der Waals surface area contributed by atoms with Crippen LogP contribution in [0.2, 0.25) is 0 Å². The molecule has 33 heavy (non-hydrogen) atoms. The van der Waals surface area contributed by atoms with Gasteiger partial charge in [0.25, 0.3) is 5.91 Å². The van der Waals surface area contributed by atoms with E-state index in [1.54, 1.807) is 13.0 Å². The summed E-state index contributed by atoms with van der Waals surface area (Å²) in [6.07, 6.45) is -3.24. The molecular weight excluding hydrogens is 441 g/mol. The molecular formula is C22H23F3N4O4. The number of carbonyl (C=O) groups excluding carboxylic acids is 1. The average Bonchev–Trinajstić information content (AvgIpc) is 3.38. The molecule has 0 spiro atoms. The van der Waals surface area contributed by atoms with E-state index in [9.17, 15) is 23.1 Å². The smallest absolute Gasteiger partial charge is 0.433 e. The SMILES string of the molecule is COc1ccc(-c2nc(C(=O)N[C@H]3CCC[C@H]3O)c([C@H](C)N)o2)c2ccc(C(F)(F)F)nc12. The molecule has 4 rings (SSSR count). The lowest BCUT2D eigenvalue weighted by molar-refractivity contribution is -0.140. The highest BCUT2D eigenvalue weighted by molar-refractivity contribution is 5.98. The van der Waals surface area contributed by atoms with Gasteiger partial charge in [-0.25, -0.2) is 9.97 Å². The van der Waals surface area contributed by atoms with Gasteiger partial charge in [0.15, 0.2) is 11.5 Å². The fraction of sp³-hybridized carbons (Fsp3) is 0.409. The minimum Gasteiger partial charge on any atom is -0.494 e. The number of nitrogens with two attached hydrogens (primary N) is 1. The number of hydrogen-bond acceptors (Lipinski definition) is 7. The topological polar surface area (TPSA) is 124 Å². The largest absolute Gasteiger partial charge is 0.494 e. The zero-order valence-electron chi connectivity index (χ0n) is 17.9. The highest BCUT2D eigenvalue weighted by Crippen LogP contribution is 2.37. The summed E-state index contributed by atoms with van der Waals surface area (Å²) in [4.78, 5) is 20.9. The molecule has 1 fully saturated rings. The Balaban J connectivity index is 1.79. The first-order valence-corrected chi connectivity index (χ1v) is 10.4. The molecule has 4 N–H and O–H groups in total. The van der Waals surface area contributed by atoms with Crippen molar-refractivity contribution in [3.8, 4) is 17.2 Å². The lowest BCUT2D eigenvalue weighted by atomic mass is 10.1. The molecule has 1 aliphatic rings. The fourth-order valence-electron chi connectivity index (χ4n) is 3.97. The highest BCUT2D eigenvalue weighted by Gasteiger charge is 2.34. The van der Waals surface area contributed by atoms with Crippen LogP contribution >= 0.6 is 0 Å². The van der Waals surface area contributed by atoms with Crippen LogP contribution in [-0.4, -0.2) is 40.2 Å². The summed E-state index contributed by atoms with van der Waals surface area (Å²) in [5.41, 5.74) is 5.19. The van der Waals surface area contributed by atoms with E-state index in [0.717, 1.165) is 12.5 Å². The first-order chi connectivity index (χ1) is 15.6. The second kappa shape index (κ2) is 8.64. The molecule has 3 aromatic rings. The number of alkyl halides is 3. The van der Waals surface area contributed by atoms with Crippen molar-refractivity contribution in [1.82, 2.24) is 15.3 Å². The average molecular weight is 464 g/mol. The van der Waals surface area contributed by atoms with Gasteiger partial charge in [-0.15, -0.1) is 0 Å². The number of pyridine rings is 1. The van der Waals surface area contributed by atoms with Gasteiger partial charge in [-0.3, -0.25) is 4.79 Å². The maximum absolute atomic E-state index is 13.2. The van der Waals surface area contributed by atoms with Gasteiger partial charge < -0.3 is 25.3 Å². The second-order valence-electron chi connectivity index (χ2n) is 8.00. The van der Waals surface area contributed by atoms with Crippen LogP contribution < -0.4 is 15.8 Å². The van der Waals surface area contributed by atoms with Crippen LogP contribution in [0.3, 0.4) is 0 Å². The molecule has 2 heterocycles. The van der Waals surface area contributed by atoms with Crippen molar-refractivity contribution in [2.45, 2.75) is 50.6 Å². The van der Waals surface area contributed by atoms with Gasteiger partial charge in [0.05, 0.1) is 25.3 Å². The molecule has 0 radical (unpaired) electrons. The normalized spacial score (nSPS) is 19.6. The molecule has 8 nitrogen and oxygen atoms in total. The highest BCUT2D eigenvalue weighted by atomic mass is 19.4. The van der Waals surface area contributed by atoms with Crippen molar-refractivity contribution in [2.75, 3.05) is 7.11 Å². The molecule has 0 saturated heterocycles. The Labute approximate surface area is 187 Å². The van der Waals surface area contributed by atoms with E-state index in [4.69, 9.17) is 14.9 Å². The van der Waals surface area contributed by atoms with Crippen molar-refractivity contribution in [3.63, 3.8) is 0 Å². The van der Waals surface area contributed by atoms with Gasteiger partial charge in [0, 0.05) is 10.9 Å². The van der Waals surface area contributed by atoms with Crippen LogP contribution in [0.1, 0.15) is 54.2 Å². The molecule has 1 aliphatic carbocycles. The maximum atomic E-state index is 13.2. The molecule has 1 saturated carbocycles. The van der Waals surface area contributed by atoms with Crippen LogP contribution in [0, 0.1) is 0 Å². The quantitative estimate of drug-likeness (QED) is 0.527. The third kappa shape index (κ3) is 4.38.